The lowest BCUT2D eigenvalue weighted by molar-refractivity contribution is 0.104. The van der Waals surface area contributed by atoms with E-state index >= 15 is 0 Å². The van der Waals surface area contributed by atoms with Crippen LogP contribution in [0.25, 0.3) is 11.3 Å². The largest absolute Gasteiger partial charge is 0.493 e. The average Bonchev–Trinajstić information content (AvgIpc) is 3.71. The fraction of sp³-hybridized carbons (Fsp3) is 0.300. The van der Waals surface area contributed by atoms with Gasteiger partial charge in [0.05, 0.1) is 18.8 Å². The van der Waals surface area contributed by atoms with Crippen molar-refractivity contribution < 1.29 is 14.6 Å². The van der Waals surface area contributed by atoms with Gasteiger partial charge in [-0.2, -0.15) is 5.10 Å². The summed E-state index contributed by atoms with van der Waals surface area (Å²) < 4.78 is 13.8. The zero-order valence-corrected chi connectivity index (χ0v) is 20.9. The Morgan fingerprint density at radius 3 is 2.25 bits per heavy atom. The van der Waals surface area contributed by atoms with E-state index in [-0.39, 0.29) is 0 Å². The van der Waals surface area contributed by atoms with Gasteiger partial charge in [-0.15, -0.1) is 0 Å². The molecular formula is C30H33N3O3. The maximum atomic E-state index is 11.0. The van der Waals surface area contributed by atoms with Crippen molar-refractivity contribution >= 4 is 0 Å². The predicted molar refractivity (Wildman–Crippen MR) is 141 cm³/mol. The van der Waals surface area contributed by atoms with E-state index in [9.17, 15) is 5.11 Å². The Balaban J connectivity index is 1.46. The molecule has 36 heavy (non-hydrogen) atoms. The zero-order valence-electron chi connectivity index (χ0n) is 20.9. The van der Waals surface area contributed by atoms with Crippen molar-refractivity contribution in [2.75, 3.05) is 13.7 Å². The molecule has 1 aliphatic rings. The van der Waals surface area contributed by atoms with Gasteiger partial charge < -0.3 is 14.6 Å². The van der Waals surface area contributed by atoms with Crippen LogP contribution >= 0.6 is 0 Å². The van der Waals surface area contributed by atoms with E-state index in [1.165, 1.54) is 0 Å². The van der Waals surface area contributed by atoms with Crippen LogP contribution in [0, 0.1) is 0 Å². The Labute approximate surface area is 212 Å². The molecule has 0 amide bonds. The van der Waals surface area contributed by atoms with E-state index in [1.54, 1.807) is 11.8 Å². The zero-order chi connectivity index (χ0) is 24.9. The Bertz CT molecular complexity index is 1270. The molecule has 0 saturated heterocycles. The first-order chi connectivity index (χ1) is 17.6. The highest BCUT2D eigenvalue weighted by atomic mass is 16.5. The van der Waals surface area contributed by atoms with Crippen LogP contribution in [0.1, 0.15) is 24.0 Å². The molecule has 1 atom stereocenters. The second-order valence-corrected chi connectivity index (χ2v) is 9.38. The van der Waals surface area contributed by atoms with Crippen molar-refractivity contribution in [1.29, 1.82) is 0 Å². The molecule has 1 aliphatic carbocycles. The monoisotopic (exact) mass is 483 g/mol. The van der Waals surface area contributed by atoms with Gasteiger partial charge in [-0.3, -0.25) is 4.90 Å². The second-order valence-electron chi connectivity index (χ2n) is 9.38. The summed E-state index contributed by atoms with van der Waals surface area (Å²) in [6.07, 6.45) is 2.46. The maximum Gasteiger partial charge on any atom is 0.222 e. The summed E-state index contributed by atoms with van der Waals surface area (Å²) in [4.78, 5) is 2.38. The number of para-hydroxylation sites is 2. The summed E-state index contributed by atoms with van der Waals surface area (Å²) in [5.41, 5.74) is 4.09. The van der Waals surface area contributed by atoms with Crippen molar-refractivity contribution in [2.24, 2.45) is 7.05 Å². The highest BCUT2D eigenvalue weighted by Crippen LogP contribution is 2.39. The van der Waals surface area contributed by atoms with E-state index in [0.717, 1.165) is 35.2 Å². The molecule has 1 aromatic heterocycles. The first-order valence-corrected chi connectivity index (χ1v) is 12.5. The SMILES string of the molecule is COc1ccccc1Oc1c(CN(C[C@H](O)Cc2ccccc2)C2CC2)c(-c2ccccc2)nn1C. The van der Waals surface area contributed by atoms with E-state index in [0.29, 0.717) is 42.9 Å². The number of aromatic nitrogens is 2. The number of aliphatic hydroxyl groups excluding tert-OH is 1. The lowest BCUT2D eigenvalue weighted by atomic mass is 10.1. The van der Waals surface area contributed by atoms with Gasteiger partial charge in [-0.05, 0) is 37.0 Å². The molecule has 3 aromatic carbocycles. The van der Waals surface area contributed by atoms with Crippen LogP contribution in [0.5, 0.6) is 17.4 Å². The van der Waals surface area contributed by atoms with E-state index in [2.05, 4.69) is 29.2 Å². The van der Waals surface area contributed by atoms with Crippen LogP contribution in [-0.2, 0) is 20.0 Å². The van der Waals surface area contributed by atoms with Crippen LogP contribution in [0.2, 0.25) is 0 Å². The Kier molecular flexibility index (Phi) is 7.35. The summed E-state index contributed by atoms with van der Waals surface area (Å²) in [5.74, 6) is 2.00. The number of methoxy groups -OCH3 is 1. The smallest absolute Gasteiger partial charge is 0.222 e. The Morgan fingerprint density at radius 1 is 0.944 bits per heavy atom. The number of benzene rings is 3. The summed E-state index contributed by atoms with van der Waals surface area (Å²) in [6.45, 7) is 1.23. The van der Waals surface area contributed by atoms with E-state index < -0.39 is 6.10 Å². The molecule has 4 aromatic rings. The average molecular weight is 484 g/mol. The van der Waals surface area contributed by atoms with E-state index in [4.69, 9.17) is 14.6 Å². The molecule has 1 N–H and O–H groups in total. The predicted octanol–water partition coefficient (Wildman–Crippen LogP) is 5.46. The van der Waals surface area contributed by atoms with Crippen LogP contribution in [0.15, 0.2) is 84.9 Å². The van der Waals surface area contributed by atoms with Gasteiger partial charge in [0.2, 0.25) is 5.88 Å². The first-order valence-electron chi connectivity index (χ1n) is 12.5. The number of rotatable bonds is 11. The van der Waals surface area contributed by atoms with Gasteiger partial charge in [0.25, 0.3) is 0 Å². The fourth-order valence-electron chi connectivity index (χ4n) is 4.66. The fourth-order valence-corrected chi connectivity index (χ4v) is 4.66. The molecule has 0 spiro atoms. The standard InChI is InChI=1S/C30H33N3O3/c1-32-30(36-28-16-10-9-15-27(28)35-2)26(29(31-32)23-13-7-4-8-14-23)21-33(24-17-18-24)20-25(34)19-22-11-5-3-6-12-22/h3-16,24-25,34H,17-21H2,1-2H3/t25-/m1/s1. The molecule has 0 radical (unpaired) electrons. The molecule has 0 bridgehead atoms. The number of aliphatic hydroxyl groups is 1. The highest BCUT2D eigenvalue weighted by Gasteiger charge is 2.33. The van der Waals surface area contributed by atoms with Gasteiger partial charge in [-0.1, -0.05) is 72.8 Å². The number of hydrogen-bond acceptors (Lipinski definition) is 5. The van der Waals surface area contributed by atoms with Gasteiger partial charge in [0.15, 0.2) is 11.5 Å². The van der Waals surface area contributed by atoms with Crippen LogP contribution in [0.4, 0.5) is 0 Å². The van der Waals surface area contributed by atoms with Crippen LogP contribution < -0.4 is 9.47 Å². The lowest BCUT2D eigenvalue weighted by Gasteiger charge is -2.25. The van der Waals surface area contributed by atoms with Crippen molar-refractivity contribution in [3.8, 4) is 28.6 Å². The van der Waals surface area contributed by atoms with Gasteiger partial charge in [-0.25, -0.2) is 4.68 Å². The summed E-state index contributed by atoms with van der Waals surface area (Å²) in [7, 11) is 3.55. The number of ether oxygens (including phenoxy) is 2. The normalized spacial score (nSPS) is 14.1. The minimum Gasteiger partial charge on any atom is -0.493 e. The molecule has 0 aliphatic heterocycles. The minimum absolute atomic E-state index is 0.455. The molecular weight excluding hydrogens is 450 g/mol. The Hall–Kier alpha value is -3.61. The number of nitrogens with zero attached hydrogens (tertiary/aromatic N) is 3. The molecule has 5 rings (SSSR count). The van der Waals surface area contributed by atoms with Gasteiger partial charge in [0.1, 0.15) is 5.69 Å². The van der Waals surface area contributed by atoms with Gasteiger partial charge in [0, 0.05) is 31.7 Å². The first kappa shape index (κ1) is 24.1. The van der Waals surface area contributed by atoms with Crippen LogP contribution in [0.3, 0.4) is 0 Å². The highest BCUT2D eigenvalue weighted by molar-refractivity contribution is 5.66. The van der Waals surface area contributed by atoms with Gasteiger partial charge >= 0.3 is 0 Å². The summed E-state index contributed by atoms with van der Waals surface area (Å²) >= 11 is 0. The van der Waals surface area contributed by atoms with Crippen molar-refractivity contribution in [1.82, 2.24) is 14.7 Å². The van der Waals surface area contributed by atoms with E-state index in [1.807, 2.05) is 67.7 Å². The van der Waals surface area contributed by atoms with Crippen molar-refractivity contribution in [2.45, 2.75) is 38.0 Å². The molecule has 186 valence electrons. The van der Waals surface area contributed by atoms with Crippen molar-refractivity contribution in [3.63, 3.8) is 0 Å². The molecule has 6 nitrogen and oxygen atoms in total. The molecule has 1 fully saturated rings. The summed E-state index contributed by atoms with van der Waals surface area (Å²) in [5, 5.41) is 15.9. The topological polar surface area (TPSA) is 59.8 Å². The summed E-state index contributed by atoms with van der Waals surface area (Å²) in [6, 6.07) is 28.5. The minimum atomic E-state index is -0.455. The maximum absolute atomic E-state index is 11.0. The third-order valence-electron chi connectivity index (χ3n) is 6.59. The number of hydrogen-bond donors (Lipinski definition) is 1. The Morgan fingerprint density at radius 2 is 1.58 bits per heavy atom. The molecule has 1 saturated carbocycles. The van der Waals surface area contributed by atoms with Crippen molar-refractivity contribution in [3.05, 3.63) is 96.1 Å². The molecule has 6 heteroatoms. The third kappa shape index (κ3) is 5.61. The molecule has 0 unspecified atom stereocenters. The van der Waals surface area contributed by atoms with Crippen LogP contribution in [-0.4, -0.2) is 45.6 Å². The number of aryl methyl sites for hydroxylation is 1. The lowest BCUT2D eigenvalue weighted by Crippen LogP contribution is -2.35. The second kappa shape index (κ2) is 11.0. The molecule has 1 heterocycles. The quantitative estimate of drug-likeness (QED) is 0.307. The third-order valence-corrected chi connectivity index (χ3v) is 6.59.